The molecule has 4 fully saturated rings. The van der Waals surface area contributed by atoms with Crippen LogP contribution in [0.1, 0.15) is 76.8 Å². The van der Waals surface area contributed by atoms with E-state index in [4.69, 9.17) is 21.3 Å². The molecule has 0 spiro atoms. The van der Waals surface area contributed by atoms with Gasteiger partial charge < -0.3 is 30.1 Å². The van der Waals surface area contributed by atoms with E-state index in [0.29, 0.717) is 70.8 Å². The van der Waals surface area contributed by atoms with E-state index in [1.54, 1.807) is 12.1 Å². The SMILES string of the molecule is CS(=O)(=O)N1CCc2cccc(Nc3nc(Nc4ccc(N5CCC(N6CCN(CCC7CCN(c8ccc9c(c8)C(=O)N(C8CCC(=O)NC8=O)C9=O)CC7)CC6)CC5)c5c4OCC5)ncc3Cl)c21. The zero-order chi connectivity index (χ0) is 48.3. The predicted molar refractivity (Wildman–Crippen MR) is 267 cm³/mol. The summed E-state index contributed by atoms with van der Waals surface area (Å²) >= 11 is 6.58. The van der Waals surface area contributed by atoms with Crippen molar-refractivity contribution in [3.05, 3.63) is 82.0 Å². The van der Waals surface area contributed by atoms with Gasteiger partial charge in [-0.3, -0.25) is 38.6 Å². The number of anilines is 7. The lowest BCUT2D eigenvalue weighted by molar-refractivity contribution is -0.136. The number of halogens is 1. The number of nitrogens with zero attached hydrogens (tertiary/aromatic N) is 8. The molecule has 0 saturated carbocycles. The molecule has 0 aliphatic carbocycles. The van der Waals surface area contributed by atoms with Crippen molar-refractivity contribution in [3.8, 4) is 5.75 Å². The van der Waals surface area contributed by atoms with Crippen molar-refractivity contribution in [2.45, 2.75) is 69.9 Å². The van der Waals surface area contributed by atoms with E-state index in [1.807, 2.05) is 30.3 Å². The summed E-state index contributed by atoms with van der Waals surface area (Å²) in [7, 11) is -3.46. The summed E-state index contributed by atoms with van der Waals surface area (Å²) in [6.45, 7) is 10.2. The highest BCUT2D eigenvalue weighted by Crippen LogP contribution is 2.43. The van der Waals surface area contributed by atoms with Crippen LogP contribution in [0.4, 0.5) is 40.2 Å². The summed E-state index contributed by atoms with van der Waals surface area (Å²) in [4.78, 5) is 71.1. The summed E-state index contributed by atoms with van der Waals surface area (Å²) in [6, 6.07) is 14.9. The highest BCUT2D eigenvalue weighted by molar-refractivity contribution is 7.92. The smallest absolute Gasteiger partial charge is 0.262 e. The molecule has 1 atom stereocenters. The molecule has 18 nitrogen and oxygen atoms in total. The highest BCUT2D eigenvalue weighted by atomic mass is 35.5. The van der Waals surface area contributed by atoms with Crippen molar-refractivity contribution in [2.24, 2.45) is 5.92 Å². The minimum absolute atomic E-state index is 0.0986. The van der Waals surface area contributed by atoms with Gasteiger partial charge in [0.2, 0.25) is 27.8 Å². The Morgan fingerprint density at radius 3 is 2.34 bits per heavy atom. The first-order chi connectivity index (χ1) is 33.9. The molecule has 1 unspecified atom stereocenters. The number of para-hydroxylation sites is 1. The summed E-state index contributed by atoms with van der Waals surface area (Å²) < 4.78 is 32.8. The van der Waals surface area contributed by atoms with Crippen molar-refractivity contribution < 1.29 is 32.3 Å². The molecule has 0 bridgehead atoms. The summed E-state index contributed by atoms with van der Waals surface area (Å²) in [5.41, 5.74) is 6.91. The average Bonchev–Trinajstić information content (AvgIpc) is 4.10. The standard InChI is InChI=1S/C50H58ClN11O7S/c1-70(67,68)61-23-14-32-3-2-4-39(44(32)61)53-46-38(51)30-52-50(56-46)54-40-7-8-41(36-17-28-69-45(36)40)60-21-15-33(16-22-60)59-26-24-57(25-27-59)18-11-31-12-19-58(20-13-31)34-5-6-35-37(29-34)49(66)62(48(35)65)42-9-10-43(63)55-47(42)64/h2-8,29-31,33,42H,9-28H2,1H3,(H,55,63,64)(H2,52,53,54,56). The molecule has 7 aliphatic heterocycles. The fourth-order valence-corrected chi connectivity index (χ4v) is 12.7. The van der Waals surface area contributed by atoms with Gasteiger partial charge in [-0.05, 0) is 99.4 Å². The van der Waals surface area contributed by atoms with E-state index < -0.39 is 33.8 Å². The number of imide groups is 2. The molecule has 3 aromatic carbocycles. The Hall–Kier alpha value is -6.02. The maximum absolute atomic E-state index is 13.4. The lowest BCUT2D eigenvalue weighted by atomic mass is 9.92. The lowest BCUT2D eigenvalue weighted by Crippen LogP contribution is -2.54. The van der Waals surface area contributed by atoms with E-state index in [1.165, 1.54) is 34.4 Å². The van der Waals surface area contributed by atoms with Crippen LogP contribution in [0, 0.1) is 5.92 Å². The van der Waals surface area contributed by atoms with Crippen LogP contribution in [0.15, 0.2) is 54.7 Å². The van der Waals surface area contributed by atoms with Crippen LogP contribution in [0.5, 0.6) is 5.75 Å². The van der Waals surface area contributed by atoms with Crippen LogP contribution in [-0.4, -0.2) is 147 Å². The molecule has 0 radical (unpaired) electrons. The second-order valence-electron chi connectivity index (χ2n) is 19.6. The minimum Gasteiger partial charge on any atom is -0.491 e. The third kappa shape index (κ3) is 9.01. The van der Waals surface area contributed by atoms with Gasteiger partial charge in [0.15, 0.2) is 5.82 Å². The van der Waals surface area contributed by atoms with Crippen LogP contribution in [-0.2, 0) is 32.5 Å². The van der Waals surface area contributed by atoms with Crippen molar-refractivity contribution in [2.75, 3.05) is 103 Å². The van der Waals surface area contributed by atoms with Gasteiger partial charge in [-0.15, -0.1) is 0 Å². The first-order valence-corrected chi connectivity index (χ1v) is 26.9. The Labute approximate surface area is 412 Å². The zero-order valence-corrected chi connectivity index (χ0v) is 40.9. The van der Waals surface area contributed by atoms with Gasteiger partial charge >= 0.3 is 0 Å². The summed E-state index contributed by atoms with van der Waals surface area (Å²) in [6.07, 6.45) is 9.97. The van der Waals surface area contributed by atoms with Crippen LogP contribution in [0.25, 0.3) is 0 Å². The van der Waals surface area contributed by atoms with E-state index in [9.17, 15) is 27.6 Å². The monoisotopic (exact) mass is 991 g/mol. The number of nitrogens with one attached hydrogen (secondary N) is 3. The molecule has 3 N–H and O–H groups in total. The van der Waals surface area contributed by atoms with Gasteiger partial charge in [0.1, 0.15) is 16.8 Å². The van der Waals surface area contributed by atoms with E-state index >= 15 is 0 Å². The van der Waals surface area contributed by atoms with Gasteiger partial charge in [0, 0.05) is 94.7 Å². The fraction of sp³-hybridized carbons (Fsp3) is 0.480. The largest absolute Gasteiger partial charge is 0.491 e. The molecule has 4 amide bonds. The van der Waals surface area contributed by atoms with Crippen LogP contribution in [0.3, 0.4) is 0 Å². The number of hydrogen-bond donors (Lipinski definition) is 3. The second kappa shape index (κ2) is 19.0. The molecule has 8 heterocycles. The highest BCUT2D eigenvalue weighted by Gasteiger charge is 2.45. The molecule has 368 valence electrons. The summed E-state index contributed by atoms with van der Waals surface area (Å²) in [5.74, 6) is 0.224. The van der Waals surface area contributed by atoms with Crippen LogP contribution >= 0.6 is 11.6 Å². The Balaban J connectivity index is 0.636. The Bertz CT molecular complexity index is 2860. The molecule has 70 heavy (non-hydrogen) atoms. The number of carbonyl (C=O) groups is 4. The predicted octanol–water partition coefficient (Wildman–Crippen LogP) is 5.17. The Morgan fingerprint density at radius 1 is 0.800 bits per heavy atom. The number of amides is 4. The average molecular weight is 993 g/mol. The number of carbonyl (C=O) groups excluding carboxylic acids is 4. The molecule has 7 aliphatic rings. The number of piperazine rings is 1. The van der Waals surface area contributed by atoms with Gasteiger partial charge in [-0.1, -0.05) is 23.7 Å². The van der Waals surface area contributed by atoms with Crippen molar-refractivity contribution >= 4 is 85.5 Å². The van der Waals surface area contributed by atoms with Gasteiger partial charge in [-0.25, -0.2) is 13.4 Å². The van der Waals surface area contributed by atoms with Crippen molar-refractivity contribution in [1.29, 1.82) is 0 Å². The number of rotatable bonds is 12. The number of aromatic nitrogens is 2. The third-order valence-corrected chi connectivity index (χ3v) is 16.9. The lowest BCUT2D eigenvalue weighted by Gasteiger charge is -2.44. The zero-order valence-electron chi connectivity index (χ0n) is 39.3. The molecular weight excluding hydrogens is 934 g/mol. The number of piperidine rings is 3. The first-order valence-electron chi connectivity index (χ1n) is 24.6. The molecule has 1 aromatic heterocycles. The van der Waals surface area contributed by atoms with Crippen molar-refractivity contribution in [3.63, 3.8) is 0 Å². The summed E-state index contributed by atoms with van der Waals surface area (Å²) in [5, 5.41) is 9.20. The number of benzene rings is 3. The Morgan fingerprint density at radius 2 is 1.57 bits per heavy atom. The molecule has 4 saturated heterocycles. The number of ether oxygens (including phenoxy) is 1. The van der Waals surface area contributed by atoms with Crippen LogP contribution in [0.2, 0.25) is 5.02 Å². The number of sulfonamides is 1. The molecule has 11 rings (SSSR count). The third-order valence-electron chi connectivity index (χ3n) is 15.4. The normalized spacial score (nSPS) is 21.5. The van der Waals surface area contributed by atoms with Gasteiger partial charge in [-0.2, -0.15) is 4.98 Å². The minimum atomic E-state index is -3.46. The first kappa shape index (κ1) is 46.4. The molecule has 20 heteroatoms. The Kier molecular flexibility index (Phi) is 12.6. The van der Waals surface area contributed by atoms with E-state index in [2.05, 4.69) is 46.6 Å². The quantitative estimate of drug-likeness (QED) is 0.158. The van der Waals surface area contributed by atoms with Crippen LogP contribution < -0.4 is 34.8 Å². The second-order valence-corrected chi connectivity index (χ2v) is 21.9. The number of hydrogen-bond acceptors (Lipinski definition) is 15. The maximum atomic E-state index is 13.4. The van der Waals surface area contributed by atoms with Gasteiger partial charge in [0.05, 0.1) is 47.2 Å². The van der Waals surface area contributed by atoms with Crippen molar-refractivity contribution in [1.82, 2.24) is 30.0 Å². The fourth-order valence-electron chi connectivity index (χ4n) is 11.6. The molecular formula is C50H58ClN11O7S. The maximum Gasteiger partial charge on any atom is 0.262 e. The molecule has 4 aromatic rings. The van der Waals surface area contributed by atoms with E-state index in [0.717, 1.165) is 119 Å². The van der Waals surface area contributed by atoms with E-state index in [-0.39, 0.29) is 18.7 Å². The topological polar surface area (TPSA) is 193 Å². The van der Waals surface area contributed by atoms with Gasteiger partial charge in [0.25, 0.3) is 11.8 Å². The number of fused-ring (bicyclic) bond motifs is 3.